The lowest BCUT2D eigenvalue weighted by atomic mass is 10.0. The van der Waals surface area contributed by atoms with E-state index in [2.05, 4.69) is 0 Å². The number of nitrogens with zero attached hydrogens (tertiary/aromatic N) is 2. The summed E-state index contributed by atoms with van der Waals surface area (Å²) in [7, 11) is 0. The predicted octanol–water partition coefficient (Wildman–Crippen LogP) is 18.2. The highest BCUT2D eigenvalue weighted by molar-refractivity contribution is 7.26. The van der Waals surface area contributed by atoms with Crippen LogP contribution in [0.1, 0.15) is 11.1 Å². The van der Waals surface area contributed by atoms with Gasteiger partial charge in [-0.25, -0.2) is 35.1 Å². The van der Waals surface area contributed by atoms with Crippen LogP contribution in [-0.2, 0) is 12.4 Å². The number of rotatable bonds is 7. The van der Waals surface area contributed by atoms with Crippen LogP contribution in [0.25, 0.3) is 51.5 Å². The molecule has 0 bridgehead atoms. The van der Waals surface area contributed by atoms with E-state index in [4.69, 9.17) is 0 Å². The van der Waals surface area contributed by atoms with Crippen LogP contribution < -0.4 is 9.80 Å². The monoisotopic (exact) mass is 980 g/mol. The van der Waals surface area contributed by atoms with E-state index in [1.54, 1.807) is 60.7 Å². The lowest BCUT2D eigenvalue weighted by Crippen LogP contribution is -2.21. The van der Waals surface area contributed by atoms with Crippen molar-refractivity contribution in [2.24, 2.45) is 0 Å². The second kappa shape index (κ2) is 16.3. The zero-order valence-corrected chi connectivity index (χ0v) is 35.3. The third-order valence-corrected chi connectivity index (χ3v) is 13.7. The highest BCUT2D eigenvalue weighted by Gasteiger charge is 2.45. The van der Waals surface area contributed by atoms with Gasteiger partial charge >= 0.3 is 12.4 Å². The molecule has 0 saturated carbocycles. The van der Waals surface area contributed by atoms with Gasteiger partial charge in [-0.3, -0.25) is 0 Å². The molecule has 0 aliphatic carbocycles. The molecular formula is C50H22F14N2S2. The van der Waals surface area contributed by atoms with Crippen LogP contribution in [0, 0.1) is 46.5 Å². The van der Waals surface area contributed by atoms with Gasteiger partial charge in [0.25, 0.3) is 0 Å². The number of alkyl halides is 6. The lowest BCUT2D eigenvalue weighted by molar-refractivity contribution is -0.144. The van der Waals surface area contributed by atoms with Gasteiger partial charge in [-0.15, -0.1) is 22.7 Å². The Bertz CT molecular complexity index is 3350. The highest BCUT2D eigenvalue weighted by Crippen LogP contribution is 2.51. The largest absolute Gasteiger partial charge is 0.422 e. The molecule has 2 nitrogen and oxygen atoms in total. The maximum atomic E-state index is 16.0. The van der Waals surface area contributed by atoms with Crippen LogP contribution in [0.5, 0.6) is 0 Å². The average molecular weight is 981 g/mol. The fourth-order valence-corrected chi connectivity index (χ4v) is 10.7. The maximum absolute atomic E-state index is 16.0. The summed E-state index contributed by atoms with van der Waals surface area (Å²) in [6, 6.07) is 33.6. The van der Waals surface area contributed by atoms with Crippen LogP contribution in [0.15, 0.2) is 133 Å². The van der Waals surface area contributed by atoms with Crippen LogP contribution in [0.3, 0.4) is 0 Å². The first kappa shape index (κ1) is 44.6. The smallest absolute Gasteiger partial charge is 0.304 e. The third kappa shape index (κ3) is 7.07. The summed E-state index contributed by atoms with van der Waals surface area (Å²) in [4.78, 5) is 1.50. The van der Waals surface area contributed by atoms with Gasteiger partial charge in [0.05, 0.1) is 20.8 Å². The zero-order valence-electron chi connectivity index (χ0n) is 33.7. The van der Waals surface area contributed by atoms with Crippen molar-refractivity contribution in [2.75, 3.05) is 9.80 Å². The second-order valence-electron chi connectivity index (χ2n) is 15.2. The molecule has 10 rings (SSSR count). The maximum Gasteiger partial charge on any atom is 0.422 e. The Morgan fingerprint density at radius 1 is 0.324 bits per heavy atom. The van der Waals surface area contributed by atoms with E-state index in [-0.39, 0.29) is 22.7 Å². The van der Waals surface area contributed by atoms with E-state index in [1.807, 2.05) is 0 Å². The van der Waals surface area contributed by atoms with Crippen molar-refractivity contribution >= 4 is 97.1 Å². The fourth-order valence-electron chi connectivity index (χ4n) is 8.33. The second-order valence-corrected chi connectivity index (χ2v) is 17.3. The van der Waals surface area contributed by atoms with Crippen molar-refractivity contribution in [2.45, 2.75) is 12.4 Å². The van der Waals surface area contributed by atoms with E-state index in [1.165, 1.54) is 72.8 Å². The summed E-state index contributed by atoms with van der Waals surface area (Å²) in [6.07, 6.45) is -11.6. The van der Waals surface area contributed by atoms with E-state index in [9.17, 15) is 26.3 Å². The number of fused-ring (bicyclic) bond motifs is 6. The molecule has 0 atom stereocenters. The Hall–Kier alpha value is -7.18. The zero-order chi connectivity index (χ0) is 48.1. The summed E-state index contributed by atoms with van der Waals surface area (Å²) < 4.78 is 210. The molecule has 0 fully saturated rings. The van der Waals surface area contributed by atoms with E-state index in [0.29, 0.717) is 51.5 Å². The van der Waals surface area contributed by atoms with Crippen LogP contribution in [-0.4, -0.2) is 0 Å². The lowest BCUT2D eigenvalue weighted by Gasteiger charge is -2.28. The average Bonchev–Trinajstić information content (AvgIpc) is 3.89. The molecule has 18 heteroatoms. The fraction of sp³-hybridized carbons (Fsp3) is 0.0400. The number of halogens is 14. The quantitative estimate of drug-likeness (QED) is 0.116. The van der Waals surface area contributed by atoms with Gasteiger partial charge in [0, 0.05) is 42.3 Å². The molecule has 0 saturated heterocycles. The molecule has 10 aromatic rings. The van der Waals surface area contributed by atoms with Crippen LogP contribution >= 0.6 is 22.7 Å². The molecule has 0 radical (unpaired) electrons. The Kier molecular flexibility index (Phi) is 10.7. The minimum absolute atomic E-state index is 0.0542. The van der Waals surface area contributed by atoms with E-state index >= 15 is 35.1 Å². The van der Waals surface area contributed by atoms with Crippen molar-refractivity contribution in [3.63, 3.8) is 0 Å². The van der Waals surface area contributed by atoms with Gasteiger partial charge in [-0.05, 0) is 59.7 Å². The number of hydrogen-bond acceptors (Lipinski definition) is 4. The van der Waals surface area contributed by atoms with Crippen LogP contribution in [0.4, 0.5) is 95.6 Å². The van der Waals surface area contributed by atoms with Crippen molar-refractivity contribution in [1.82, 2.24) is 0 Å². The molecule has 0 spiro atoms. The molecular weight excluding hydrogens is 959 g/mol. The number of thiophene rings is 2. The van der Waals surface area contributed by atoms with Gasteiger partial charge in [-0.1, -0.05) is 84.9 Å². The van der Waals surface area contributed by atoms with E-state index in [0.717, 1.165) is 32.5 Å². The third-order valence-electron chi connectivity index (χ3n) is 11.3. The van der Waals surface area contributed by atoms with Gasteiger partial charge in [0.1, 0.15) is 22.5 Å². The summed E-state index contributed by atoms with van der Waals surface area (Å²) in [5.74, 6) is -20.0. The first-order valence-electron chi connectivity index (χ1n) is 19.8. The Morgan fingerprint density at radius 3 is 0.956 bits per heavy atom. The number of hydrogen-bond donors (Lipinski definition) is 0. The molecule has 2 heterocycles. The number of anilines is 6. The highest BCUT2D eigenvalue weighted by atomic mass is 32.1. The Balaban J connectivity index is 1.11. The van der Waals surface area contributed by atoms with Crippen molar-refractivity contribution in [3.05, 3.63) is 191 Å². The summed E-state index contributed by atoms with van der Waals surface area (Å²) in [5.41, 5.74) is -8.32. The molecule has 0 N–H and O–H groups in total. The van der Waals surface area contributed by atoms with Gasteiger partial charge in [0.15, 0.2) is 46.5 Å². The topological polar surface area (TPSA) is 6.48 Å². The number of benzene rings is 8. The normalized spacial score (nSPS) is 12.3. The van der Waals surface area contributed by atoms with Crippen molar-refractivity contribution in [3.8, 4) is 11.1 Å². The SMILES string of the molecule is Fc1c(F)c(C(F)(F)F)c(F)c(F)c1N(c1ccc(-c2ccc(N(c3c(F)c(F)c(C(F)(F)F)c(F)c3F)c3cccc4c3sc3ccccc34)cc2)cc1)c1cccc2c1sc1ccccc12. The molecule has 342 valence electrons. The predicted molar refractivity (Wildman–Crippen MR) is 237 cm³/mol. The van der Waals surface area contributed by atoms with Gasteiger partial charge < -0.3 is 9.80 Å². The summed E-state index contributed by atoms with van der Waals surface area (Å²) in [6.45, 7) is 0. The summed E-state index contributed by atoms with van der Waals surface area (Å²) >= 11 is 2.29. The standard InChI is InChI=1S/C50H22F14N2S2/c51-37-35(49(59,60)61)38(52)42(56)45(41(37)55)65(31-11-5-9-29-27-7-1-3-13-33(27)67-47(29)31)25-19-15-23(16-20-25)24-17-21-26(22-18-24)66(46-43(57)39(53)36(50(62,63)64)40(54)44(46)58)32-12-6-10-30-28-8-2-4-14-34(28)68-48(30)32/h1-22H. The molecule has 0 aliphatic heterocycles. The molecule has 68 heavy (non-hydrogen) atoms. The van der Waals surface area contributed by atoms with Crippen molar-refractivity contribution < 1.29 is 61.5 Å². The molecule has 8 aromatic carbocycles. The molecule has 2 aromatic heterocycles. The first-order chi connectivity index (χ1) is 32.4. The molecule has 0 unspecified atom stereocenters. The molecule has 0 aliphatic rings. The minimum Gasteiger partial charge on any atom is -0.304 e. The van der Waals surface area contributed by atoms with E-state index < -0.39 is 81.4 Å². The van der Waals surface area contributed by atoms with Gasteiger partial charge in [-0.2, -0.15) is 26.3 Å². The van der Waals surface area contributed by atoms with Crippen molar-refractivity contribution in [1.29, 1.82) is 0 Å². The Morgan fingerprint density at radius 2 is 0.632 bits per heavy atom. The first-order valence-corrected chi connectivity index (χ1v) is 21.5. The summed E-state index contributed by atoms with van der Waals surface area (Å²) in [5, 5.41) is 2.52. The van der Waals surface area contributed by atoms with Crippen LogP contribution in [0.2, 0.25) is 0 Å². The molecule has 0 amide bonds. The Labute approximate surface area is 381 Å². The van der Waals surface area contributed by atoms with Gasteiger partial charge in [0.2, 0.25) is 0 Å². The minimum atomic E-state index is -5.81.